The minimum Gasteiger partial charge on any atom is -0.438 e. The van der Waals surface area contributed by atoms with Gasteiger partial charge >= 0.3 is 0 Å². The van der Waals surface area contributed by atoms with Crippen molar-refractivity contribution in [2.75, 3.05) is 0 Å². The first-order valence-electron chi connectivity index (χ1n) is 11.6. The summed E-state index contributed by atoms with van der Waals surface area (Å²) in [5.74, 6) is 0. The molecular formula is C32H27NO. The van der Waals surface area contributed by atoms with E-state index in [1.165, 1.54) is 33.4 Å². The van der Waals surface area contributed by atoms with Gasteiger partial charge in [-0.1, -0.05) is 96.6 Å². The first-order chi connectivity index (χ1) is 16.6. The van der Waals surface area contributed by atoms with Gasteiger partial charge in [0.15, 0.2) is 0 Å². The second-order valence-corrected chi connectivity index (χ2v) is 8.67. The van der Waals surface area contributed by atoms with Gasteiger partial charge in [-0.2, -0.15) is 0 Å². The average molecular weight is 442 g/mol. The number of rotatable bonds is 2. The summed E-state index contributed by atoms with van der Waals surface area (Å²) >= 11 is 0. The molecule has 6 rings (SSSR count). The van der Waals surface area contributed by atoms with E-state index in [0.29, 0.717) is 5.71 Å². The van der Waals surface area contributed by atoms with E-state index in [1.807, 2.05) is 24.4 Å². The van der Waals surface area contributed by atoms with Crippen LogP contribution in [0.15, 0.2) is 114 Å². The molecule has 2 heteroatoms. The Hall–Kier alpha value is -4.17. The number of nitrogens with zero attached hydrogens (tertiary/aromatic N) is 1. The molecule has 0 N–H and O–H groups in total. The summed E-state index contributed by atoms with van der Waals surface area (Å²) in [6.07, 6.45) is 1.87. The average Bonchev–Trinajstić information content (AvgIpc) is 3.23. The molecule has 166 valence electrons. The largest absolute Gasteiger partial charge is 0.438 e. The Balaban J connectivity index is 0.000000152. The van der Waals surface area contributed by atoms with Crippen molar-refractivity contribution in [1.82, 2.24) is 4.98 Å². The molecule has 0 aliphatic carbocycles. The van der Waals surface area contributed by atoms with E-state index in [2.05, 4.69) is 111 Å². The SMILES string of the molecule is Cc1cccc(-c2cnc3oc4ccccc4c3c2)c1.Cc1ccccc1-c1ccccc1C. The zero-order chi connectivity index (χ0) is 23.5. The molecule has 0 amide bonds. The van der Waals surface area contributed by atoms with Crippen molar-refractivity contribution in [2.45, 2.75) is 20.8 Å². The highest BCUT2D eigenvalue weighted by Crippen LogP contribution is 2.31. The van der Waals surface area contributed by atoms with E-state index in [4.69, 9.17) is 4.42 Å². The molecular weight excluding hydrogens is 414 g/mol. The number of pyridine rings is 1. The highest BCUT2D eigenvalue weighted by molar-refractivity contribution is 6.04. The van der Waals surface area contributed by atoms with Gasteiger partial charge in [0.1, 0.15) is 5.58 Å². The number of aryl methyl sites for hydroxylation is 3. The second-order valence-electron chi connectivity index (χ2n) is 8.67. The van der Waals surface area contributed by atoms with E-state index in [0.717, 1.165) is 21.9 Å². The highest BCUT2D eigenvalue weighted by Gasteiger charge is 2.09. The zero-order valence-corrected chi connectivity index (χ0v) is 19.7. The number of hydrogen-bond donors (Lipinski definition) is 0. The maximum absolute atomic E-state index is 5.76. The molecule has 0 saturated carbocycles. The van der Waals surface area contributed by atoms with Crippen LogP contribution in [-0.2, 0) is 0 Å². The van der Waals surface area contributed by atoms with Crippen molar-refractivity contribution < 1.29 is 4.42 Å². The van der Waals surface area contributed by atoms with Gasteiger partial charge in [0, 0.05) is 22.5 Å². The lowest BCUT2D eigenvalue weighted by Crippen LogP contribution is -1.85. The number of para-hydroxylation sites is 1. The Bertz CT molecular complexity index is 1550. The van der Waals surface area contributed by atoms with Crippen molar-refractivity contribution in [1.29, 1.82) is 0 Å². The third-order valence-electron chi connectivity index (χ3n) is 6.17. The molecule has 0 aliphatic heterocycles. The Kier molecular flexibility index (Phi) is 5.97. The molecule has 0 bridgehead atoms. The van der Waals surface area contributed by atoms with E-state index >= 15 is 0 Å². The first-order valence-corrected chi connectivity index (χ1v) is 11.6. The molecule has 0 aliphatic rings. The molecule has 0 spiro atoms. The van der Waals surface area contributed by atoms with Gasteiger partial charge in [-0.3, -0.25) is 0 Å². The smallest absolute Gasteiger partial charge is 0.227 e. The van der Waals surface area contributed by atoms with Crippen LogP contribution in [0.2, 0.25) is 0 Å². The van der Waals surface area contributed by atoms with Gasteiger partial charge in [-0.05, 0) is 60.7 Å². The summed E-state index contributed by atoms with van der Waals surface area (Å²) in [6, 6.07) is 35.7. The maximum atomic E-state index is 5.76. The number of hydrogen-bond acceptors (Lipinski definition) is 2. The minimum absolute atomic E-state index is 0.697. The monoisotopic (exact) mass is 441 g/mol. The summed E-state index contributed by atoms with van der Waals surface area (Å²) in [7, 11) is 0. The quantitative estimate of drug-likeness (QED) is 0.268. The van der Waals surface area contributed by atoms with Crippen LogP contribution >= 0.6 is 0 Å². The van der Waals surface area contributed by atoms with Gasteiger partial charge in [0.25, 0.3) is 0 Å². The van der Waals surface area contributed by atoms with Gasteiger partial charge in [-0.25, -0.2) is 4.98 Å². The van der Waals surface area contributed by atoms with Crippen molar-refractivity contribution >= 4 is 22.1 Å². The maximum Gasteiger partial charge on any atom is 0.227 e. The van der Waals surface area contributed by atoms with Crippen LogP contribution in [0.1, 0.15) is 16.7 Å². The summed E-state index contributed by atoms with van der Waals surface area (Å²) in [6.45, 7) is 6.41. The van der Waals surface area contributed by atoms with Gasteiger partial charge in [0.2, 0.25) is 5.71 Å². The summed E-state index contributed by atoms with van der Waals surface area (Å²) in [5, 5.41) is 2.18. The van der Waals surface area contributed by atoms with Crippen molar-refractivity contribution in [3.8, 4) is 22.3 Å². The topological polar surface area (TPSA) is 26.0 Å². The first kappa shape index (κ1) is 21.7. The molecule has 0 unspecified atom stereocenters. The molecule has 0 fully saturated rings. The normalized spacial score (nSPS) is 10.8. The number of aromatic nitrogens is 1. The number of fused-ring (bicyclic) bond motifs is 3. The van der Waals surface area contributed by atoms with E-state index in [1.54, 1.807) is 0 Å². The van der Waals surface area contributed by atoms with Crippen LogP contribution in [0, 0.1) is 20.8 Å². The second kappa shape index (κ2) is 9.36. The Morgan fingerprint density at radius 1 is 0.559 bits per heavy atom. The zero-order valence-electron chi connectivity index (χ0n) is 19.7. The Labute approximate surface area is 200 Å². The van der Waals surface area contributed by atoms with Crippen LogP contribution in [0.3, 0.4) is 0 Å². The van der Waals surface area contributed by atoms with Crippen molar-refractivity contribution in [2.24, 2.45) is 0 Å². The van der Waals surface area contributed by atoms with Crippen molar-refractivity contribution in [3.63, 3.8) is 0 Å². The molecule has 0 atom stereocenters. The summed E-state index contributed by atoms with van der Waals surface area (Å²) < 4.78 is 5.76. The lowest BCUT2D eigenvalue weighted by molar-refractivity contribution is 0.654. The van der Waals surface area contributed by atoms with Crippen molar-refractivity contribution in [3.05, 3.63) is 126 Å². The van der Waals surface area contributed by atoms with Crippen LogP contribution in [0.25, 0.3) is 44.3 Å². The molecule has 2 heterocycles. The molecule has 2 aromatic heterocycles. The highest BCUT2D eigenvalue weighted by atomic mass is 16.3. The molecule has 0 radical (unpaired) electrons. The number of benzene rings is 4. The number of furan rings is 1. The minimum atomic E-state index is 0.697. The summed E-state index contributed by atoms with van der Waals surface area (Å²) in [4.78, 5) is 4.46. The van der Waals surface area contributed by atoms with Crippen LogP contribution in [0.5, 0.6) is 0 Å². The van der Waals surface area contributed by atoms with E-state index in [-0.39, 0.29) is 0 Å². The Morgan fingerprint density at radius 2 is 1.21 bits per heavy atom. The van der Waals surface area contributed by atoms with Crippen LogP contribution < -0.4 is 0 Å². The molecule has 2 nitrogen and oxygen atoms in total. The Morgan fingerprint density at radius 3 is 1.88 bits per heavy atom. The fourth-order valence-electron chi connectivity index (χ4n) is 4.34. The van der Waals surface area contributed by atoms with Crippen LogP contribution in [-0.4, -0.2) is 4.98 Å². The van der Waals surface area contributed by atoms with Crippen LogP contribution in [0.4, 0.5) is 0 Å². The fraction of sp³-hybridized carbons (Fsp3) is 0.0938. The van der Waals surface area contributed by atoms with Gasteiger partial charge in [0.05, 0.1) is 0 Å². The van der Waals surface area contributed by atoms with Gasteiger partial charge in [-0.15, -0.1) is 0 Å². The molecule has 34 heavy (non-hydrogen) atoms. The van der Waals surface area contributed by atoms with E-state index in [9.17, 15) is 0 Å². The standard InChI is InChI=1S/C18H13NO.C14H14/c1-12-5-4-6-13(9-12)14-10-16-15-7-2-3-8-17(15)20-18(16)19-11-14;1-11-7-3-5-9-13(11)14-10-6-4-8-12(14)2/h2-11H,1H3;3-10H,1-2H3. The predicted octanol–water partition coefficient (Wildman–Crippen LogP) is 8.93. The van der Waals surface area contributed by atoms with Gasteiger partial charge < -0.3 is 4.42 Å². The molecule has 4 aromatic carbocycles. The third kappa shape index (κ3) is 4.35. The molecule has 0 saturated heterocycles. The van der Waals surface area contributed by atoms with E-state index < -0.39 is 0 Å². The fourth-order valence-corrected chi connectivity index (χ4v) is 4.34. The molecule has 6 aromatic rings. The predicted molar refractivity (Wildman–Crippen MR) is 143 cm³/mol. The summed E-state index contributed by atoms with van der Waals surface area (Å²) in [5.41, 5.74) is 10.5. The third-order valence-corrected chi connectivity index (χ3v) is 6.17. The lowest BCUT2D eigenvalue weighted by Gasteiger charge is -2.08. The lowest BCUT2D eigenvalue weighted by atomic mass is 9.97.